The van der Waals surface area contributed by atoms with Crippen LogP contribution in [0, 0.1) is 0 Å². The largest absolute Gasteiger partial charge is 0.375 e. The van der Waals surface area contributed by atoms with Crippen molar-refractivity contribution in [3.05, 3.63) is 34.3 Å². The molecule has 110 valence electrons. The maximum absolute atomic E-state index is 6.11. The van der Waals surface area contributed by atoms with E-state index < -0.39 is 0 Å². The van der Waals surface area contributed by atoms with Gasteiger partial charge in [-0.1, -0.05) is 40.9 Å². The summed E-state index contributed by atoms with van der Waals surface area (Å²) >= 11 is 3.57. The van der Waals surface area contributed by atoms with Crippen LogP contribution in [0.1, 0.15) is 37.3 Å². The SMILES string of the molecule is NCC(c1cccc(Br)c1)N1CCOC2CCCCC21. The van der Waals surface area contributed by atoms with Crippen molar-refractivity contribution in [1.82, 2.24) is 4.90 Å². The molecule has 1 aromatic rings. The summed E-state index contributed by atoms with van der Waals surface area (Å²) in [5, 5.41) is 0. The Labute approximate surface area is 129 Å². The third-order valence-electron chi connectivity index (χ3n) is 4.63. The van der Waals surface area contributed by atoms with E-state index >= 15 is 0 Å². The van der Waals surface area contributed by atoms with Gasteiger partial charge in [-0.25, -0.2) is 0 Å². The molecule has 0 bridgehead atoms. The van der Waals surface area contributed by atoms with Gasteiger partial charge in [0, 0.05) is 29.6 Å². The number of nitrogens with two attached hydrogens (primary N) is 1. The number of rotatable bonds is 3. The van der Waals surface area contributed by atoms with E-state index in [0.717, 1.165) is 17.6 Å². The predicted molar refractivity (Wildman–Crippen MR) is 84.6 cm³/mol. The van der Waals surface area contributed by atoms with E-state index in [1.54, 1.807) is 0 Å². The summed E-state index contributed by atoms with van der Waals surface area (Å²) in [6, 6.07) is 9.41. The average molecular weight is 339 g/mol. The van der Waals surface area contributed by atoms with Gasteiger partial charge in [-0.3, -0.25) is 4.90 Å². The number of benzene rings is 1. The van der Waals surface area contributed by atoms with Crippen LogP contribution in [0.4, 0.5) is 0 Å². The maximum atomic E-state index is 6.11. The molecule has 3 nitrogen and oxygen atoms in total. The van der Waals surface area contributed by atoms with Crippen LogP contribution in [0.15, 0.2) is 28.7 Å². The Hall–Kier alpha value is -0.420. The van der Waals surface area contributed by atoms with Crippen molar-refractivity contribution >= 4 is 15.9 Å². The van der Waals surface area contributed by atoms with Crippen molar-refractivity contribution in [2.45, 2.75) is 43.9 Å². The van der Waals surface area contributed by atoms with Crippen molar-refractivity contribution in [1.29, 1.82) is 0 Å². The summed E-state index contributed by atoms with van der Waals surface area (Å²) in [6.45, 7) is 2.50. The van der Waals surface area contributed by atoms with Gasteiger partial charge in [0.2, 0.25) is 0 Å². The Balaban J connectivity index is 1.84. The summed E-state index contributed by atoms with van der Waals surface area (Å²) < 4.78 is 7.10. The van der Waals surface area contributed by atoms with Crippen LogP contribution in [0.25, 0.3) is 0 Å². The number of ether oxygens (including phenoxy) is 1. The van der Waals surface area contributed by atoms with Gasteiger partial charge in [-0.05, 0) is 30.5 Å². The molecule has 4 heteroatoms. The van der Waals surface area contributed by atoms with Gasteiger partial charge in [0.05, 0.1) is 12.7 Å². The molecule has 2 fully saturated rings. The van der Waals surface area contributed by atoms with Crippen LogP contribution in [0.2, 0.25) is 0 Å². The van der Waals surface area contributed by atoms with Crippen LogP contribution in [0.3, 0.4) is 0 Å². The minimum atomic E-state index is 0.307. The number of morpholine rings is 1. The van der Waals surface area contributed by atoms with Gasteiger partial charge in [-0.2, -0.15) is 0 Å². The molecule has 0 radical (unpaired) electrons. The van der Waals surface area contributed by atoms with Crippen LogP contribution < -0.4 is 5.73 Å². The van der Waals surface area contributed by atoms with Gasteiger partial charge in [0.25, 0.3) is 0 Å². The van der Waals surface area contributed by atoms with Crippen molar-refractivity contribution < 1.29 is 4.74 Å². The van der Waals surface area contributed by atoms with Gasteiger partial charge in [0.1, 0.15) is 0 Å². The van der Waals surface area contributed by atoms with Crippen molar-refractivity contribution in [3.63, 3.8) is 0 Å². The van der Waals surface area contributed by atoms with E-state index in [4.69, 9.17) is 10.5 Å². The van der Waals surface area contributed by atoms with E-state index in [1.807, 2.05) is 0 Å². The second-order valence-electron chi connectivity index (χ2n) is 5.81. The Morgan fingerprint density at radius 1 is 1.35 bits per heavy atom. The van der Waals surface area contributed by atoms with E-state index in [-0.39, 0.29) is 0 Å². The van der Waals surface area contributed by atoms with E-state index in [2.05, 4.69) is 45.1 Å². The average Bonchev–Trinajstić information content (AvgIpc) is 2.48. The molecule has 3 atom stereocenters. The minimum Gasteiger partial charge on any atom is -0.375 e. The first-order valence-corrected chi connectivity index (χ1v) is 8.42. The Kier molecular flexibility index (Phi) is 4.76. The predicted octanol–water partition coefficient (Wildman–Crippen LogP) is 3.09. The second-order valence-corrected chi connectivity index (χ2v) is 6.72. The molecule has 20 heavy (non-hydrogen) atoms. The highest BCUT2D eigenvalue weighted by atomic mass is 79.9. The van der Waals surface area contributed by atoms with Crippen molar-refractivity contribution in [2.24, 2.45) is 5.73 Å². The van der Waals surface area contributed by atoms with Gasteiger partial charge in [-0.15, -0.1) is 0 Å². The van der Waals surface area contributed by atoms with E-state index in [0.29, 0.717) is 24.7 Å². The summed E-state index contributed by atoms with van der Waals surface area (Å²) in [6.07, 6.45) is 5.49. The smallest absolute Gasteiger partial charge is 0.0731 e. The highest BCUT2D eigenvalue weighted by Crippen LogP contribution is 2.34. The Bertz CT molecular complexity index is 452. The molecule has 1 saturated carbocycles. The first-order chi connectivity index (χ1) is 9.79. The highest BCUT2D eigenvalue weighted by molar-refractivity contribution is 9.10. The fraction of sp³-hybridized carbons (Fsp3) is 0.625. The number of halogens is 1. The zero-order chi connectivity index (χ0) is 13.9. The fourth-order valence-corrected chi connectivity index (χ4v) is 4.11. The van der Waals surface area contributed by atoms with Crippen molar-refractivity contribution in [2.75, 3.05) is 19.7 Å². The Morgan fingerprint density at radius 3 is 3.00 bits per heavy atom. The second kappa shape index (κ2) is 6.56. The number of fused-ring (bicyclic) bond motifs is 1. The molecule has 2 aliphatic rings. The molecule has 1 saturated heterocycles. The summed E-state index contributed by atoms with van der Waals surface area (Å²) in [5.74, 6) is 0. The molecule has 3 unspecified atom stereocenters. The summed E-state index contributed by atoms with van der Waals surface area (Å²) in [4.78, 5) is 2.59. The Morgan fingerprint density at radius 2 is 2.20 bits per heavy atom. The normalized spacial score (nSPS) is 28.9. The zero-order valence-electron chi connectivity index (χ0n) is 11.8. The lowest BCUT2D eigenvalue weighted by molar-refractivity contribution is -0.102. The zero-order valence-corrected chi connectivity index (χ0v) is 13.4. The van der Waals surface area contributed by atoms with Gasteiger partial charge < -0.3 is 10.5 Å². The fourth-order valence-electron chi connectivity index (χ4n) is 3.69. The standard InChI is InChI=1S/C16H23BrN2O/c17-13-5-3-4-12(10-13)15(11-18)19-8-9-20-16-7-2-1-6-14(16)19/h3-5,10,14-16H,1-2,6-9,11,18H2. The summed E-state index contributed by atoms with van der Waals surface area (Å²) in [5.41, 5.74) is 7.42. The van der Waals surface area contributed by atoms with Crippen LogP contribution in [-0.4, -0.2) is 36.7 Å². The molecule has 1 aliphatic heterocycles. The summed E-state index contributed by atoms with van der Waals surface area (Å²) in [7, 11) is 0. The van der Waals surface area contributed by atoms with Crippen molar-refractivity contribution in [3.8, 4) is 0 Å². The monoisotopic (exact) mass is 338 g/mol. The molecule has 2 N–H and O–H groups in total. The molecule has 1 aliphatic carbocycles. The van der Waals surface area contributed by atoms with Gasteiger partial charge in [0.15, 0.2) is 0 Å². The number of hydrogen-bond acceptors (Lipinski definition) is 3. The number of nitrogens with zero attached hydrogens (tertiary/aromatic N) is 1. The topological polar surface area (TPSA) is 38.5 Å². The quantitative estimate of drug-likeness (QED) is 0.920. The third kappa shape index (κ3) is 2.93. The van der Waals surface area contributed by atoms with Crippen LogP contribution >= 0.6 is 15.9 Å². The third-order valence-corrected chi connectivity index (χ3v) is 5.13. The molecule has 0 aromatic heterocycles. The molecule has 0 amide bonds. The lowest BCUT2D eigenvalue weighted by Crippen LogP contribution is -2.54. The van der Waals surface area contributed by atoms with Crippen LogP contribution in [-0.2, 0) is 4.74 Å². The molecule has 1 heterocycles. The molecule has 3 rings (SSSR count). The highest BCUT2D eigenvalue weighted by Gasteiger charge is 2.37. The number of hydrogen-bond donors (Lipinski definition) is 1. The first-order valence-electron chi connectivity index (χ1n) is 7.62. The molecule has 0 spiro atoms. The molecule has 1 aromatic carbocycles. The maximum Gasteiger partial charge on any atom is 0.0731 e. The minimum absolute atomic E-state index is 0.307. The lowest BCUT2D eigenvalue weighted by atomic mass is 9.88. The molecular formula is C16H23BrN2O. The van der Waals surface area contributed by atoms with E-state index in [9.17, 15) is 0 Å². The first kappa shape index (κ1) is 14.5. The van der Waals surface area contributed by atoms with Gasteiger partial charge >= 0.3 is 0 Å². The molecular weight excluding hydrogens is 316 g/mol. The van der Waals surface area contributed by atoms with E-state index in [1.165, 1.54) is 31.2 Å². The van der Waals surface area contributed by atoms with Crippen LogP contribution in [0.5, 0.6) is 0 Å². The lowest BCUT2D eigenvalue weighted by Gasteiger charge is -2.47.